The highest BCUT2D eigenvalue weighted by Crippen LogP contribution is 2.30. The Labute approximate surface area is 114 Å². The number of hydrogen-bond donors (Lipinski definition) is 1. The summed E-state index contributed by atoms with van der Waals surface area (Å²) in [7, 11) is 0. The van der Waals surface area contributed by atoms with Crippen LogP contribution >= 0.6 is 0 Å². The smallest absolute Gasteiger partial charge is 0.328 e. The van der Waals surface area contributed by atoms with Crippen LogP contribution in [0.2, 0.25) is 0 Å². The molecule has 0 amide bonds. The molecule has 0 fully saturated rings. The number of carbonyl (C=O) groups is 1. The molecule has 0 aliphatic heterocycles. The quantitative estimate of drug-likeness (QED) is 0.754. The first-order valence-electron chi connectivity index (χ1n) is 6.75. The van der Waals surface area contributed by atoms with E-state index in [1.807, 2.05) is 39.0 Å². The lowest BCUT2D eigenvalue weighted by Gasteiger charge is -2.14. The normalized spacial score (nSPS) is 11.4. The minimum atomic E-state index is -0.911. The molecule has 0 saturated heterocycles. The number of hydrogen-bond acceptors (Lipinski definition) is 2. The summed E-state index contributed by atoms with van der Waals surface area (Å²) in [4.78, 5) is 11.0. The van der Waals surface area contributed by atoms with Crippen LogP contribution in [0.3, 0.4) is 0 Å². The lowest BCUT2D eigenvalue weighted by Crippen LogP contribution is -2.01. The molecule has 0 bridgehead atoms. The van der Waals surface area contributed by atoms with Gasteiger partial charge in [-0.05, 0) is 37.5 Å². The SMILES string of the molecule is CCCOc1ccc(C)cc1/C(=C/C(=O)O)CCC. The fourth-order valence-electron chi connectivity index (χ4n) is 1.94. The van der Waals surface area contributed by atoms with E-state index in [1.54, 1.807) is 0 Å². The van der Waals surface area contributed by atoms with Crippen LogP contribution in [0.15, 0.2) is 24.3 Å². The van der Waals surface area contributed by atoms with Crippen molar-refractivity contribution >= 4 is 11.5 Å². The van der Waals surface area contributed by atoms with Crippen molar-refractivity contribution in [2.45, 2.75) is 40.0 Å². The monoisotopic (exact) mass is 262 g/mol. The Kier molecular flexibility index (Phi) is 6.13. The van der Waals surface area contributed by atoms with Gasteiger partial charge in [-0.1, -0.05) is 31.9 Å². The highest BCUT2D eigenvalue weighted by atomic mass is 16.5. The third kappa shape index (κ3) is 4.78. The topological polar surface area (TPSA) is 46.5 Å². The number of rotatable bonds is 7. The molecule has 0 atom stereocenters. The molecule has 0 aromatic heterocycles. The standard InChI is InChI=1S/C16H22O3/c1-4-6-13(11-16(17)18)14-10-12(3)7-8-15(14)19-9-5-2/h7-8,10-11H,4-6,9H2,1-3H3,(H,17,18)/b13-11+. The summed E-state index contributed by atoms with van der Waals surface area (Å²) in [5.41, 5.74) is 2.83. The van der Waals surface area contributed by atoms with Crippen molar-refractivity contribution < 1.29 is 14.6 Å². The largest absolute Gasteiger partial charge is 0.493 e. The van der Waals surface area contributed by atoms with Crippen molar-refractivity contribution in [3.05, 3.63) is 35.4 Å². The van der Waals surface area contributed by atoms with Gasteiger partial charge in [0.2, 0.25) is 0 Å². The van der Waals surface area contributed by atoms with Gasteiger partial charge in [0.1, 0.15) is 5.75 Å². The van der Waals surface area contributed by atoms with Gasteiger partial charge in [0.25, 0.3) is 0 Å². The second-order valence-electron chi connectivity index (χ2n) is 4.61. The highest BCUT2D eigenvalue weighted by Gasteiger charge is 2.10. The molecule has 0 unspecified atom stereocenters. The zero-order chi connectivity index (χ0) is 14.3. The zero-order valence-corrected chi connectivity index (χ0v) is 11.9. The minimum absolute atomic E-state index is 0.641. The maximum atomic E-state index is 11.0. The van der Waals surface area contributed by atoms with Crippen LogP contribution < -0.4 is 4.74 Å². The van der Waals surface area contributed by atoms with Gasteiger partial charge < -0.3 is 9.84 Å². The molecule has 0 spiro atoms. The number of carboxylic acids is 1. The Morgan fingerprint density at radius 2 is 2.05 bits per heavy atom. The maximum Gasteiger partial charge on any atom is 0.328 e. The predicted octanol–water partition coefficient (Wildman–Crippen LogP) is 4.05. The Bertz CT molecular complexity index is 461. The van der Waals surface area contributed by atoms with Gasteiger partial charge in [-0.2, -0.15) is 0 Å². The van der Waals surface area contributed by atoms with Gasteiger partial charge in [0.15, 0.2) is 0 Å². The van der Waals surface area contributed by atoms with Gasteiger partial charge in [0, 0.05) is 11.6 Å². The van der Waals surface area contributed by atoms with Gasteiger partial charge in [-0.3, -0.25) is 0 Å². The van der Waals surface area contributed by atoms with E-state index in [1.165, 1.54) is 6.08 Å². The number of aliphatic carboxylic acids is 1. The molecular formula is C16H22O3. The molecule has 1 aromatic rings. The molecule has 19 heavy (non-hydrogen) atoms. The summed E-state index contributed by atoms with van der Waals surface area (Å²) in [6, 6.07) is 5.90. The molecule has 1 N–H and O–H groups in total. The van der Waals surface area contributed by atoms with Crippen LogP contribution in [0.4, 0.5) is 0 Å². The van der Waals surface area contributed by atoms with Crippen molar-refractivity contribution in [1.29, 1.82) is 0 Å². The lowest BCUT2D eigenvalue weighted by molar-refractivity contribution is -0.131. The van der Waals surface area contributed by atoms with Crippen molar-refractivity contribution in [3.63, 3.8) is 0 Å². The first-order valence-corrected chi connectivity index (χ1v) is 6.75. The first kappa shape index (κ1) is 15.3. The van der Waals surface area contributed by atoms with Crippen LogP contribution in [-0.2, 0) is 4.79 Å². The average molecular weight is 262 g/mol. The molecule has 1 aromatic carbocycles. The minimum Gasteiger partial charge on any atom is -0.493 e. The van der Waals surface area contributed by atoms with Crippen molar-refractivity contribution in [1.82, 2.24) is 0 Å². The van der Waals surface area contributed by atoms with Crippen LogP contribution in [0.1, 0.15) is 44.2 Å². The zero-order valence-electron chi connectivity index (χ0n) is 11.9. The third-order valence-corrected chi connectivity index (χ3v) is 2.76. The van der Waals surface area contributed by atoms with E-state index in [-0.39, 0.29) is 0 Å². The second kappa shape index (κ2) is 7.62. The molecular weight excluding hydrogens is 240 g/mol. The Balaban J connectivity index is 3.18. The van der Waals surface area contributed by atoms with Crippen LogP contribution in [0, 0.1) is 6.92 Å². The van der Waals surface area contributed by atoms with E-state index in [0.717, 1.165) is 41.7 Å². The van der Waals surface area contributed by atoms with Crippen LogP contribution in [0.25, 0.3) is 5.57 Å². The Hall–Kier alpha value is -1.77. The summed E-state index contributed by atoms with van der Waals surface area (Å²) < 4.78 is 5.72. The molecule has 3 nitrogen and oxygen atoms in total. The lowest BCUT2D eigenvalue weighted by atomic mass is 9.98. The number of carboxylic acid groups (broad SMARTS) is 1. The third-order valence-electron chi connectivity index (χ3n) is 2.76. The fraction of sp³-hybridized carbons (Fsp3) is 0.438. The summed E-state index contributed by atoms with van der Waals surface area (Å²) in [5, 5.41) is 8.99. The summed E-state index contributed by atoms with van der Waals surface area (Å²) in [6.07, 6.45) is 3.86. The Morgan fingerprint density at radius 1 is 1.32 bits per heavy atom. The Morgan fingerprint density at radius 3 is 2.63 bits per heavy atom. The molecule has 1 rings (SSSR count). The van der Waals surface area contributed by atoms with Crippen LogP contribution in [-0.4, -0.2) is 17.7 Å². The number of benzene rings is 1. The predicted molar refractivity (Wildman–Crippen MR) is 77.5 cm³/mol. The van der Waals surface area contributed by atoms with E-state index in [2.05, 4.69) is 0 Å². The first-order chi connectivity index (χ1) is 9.08. The van der Waals surface area contributed by atoms with Gasteiger partial charge in [-0.15, -0.1) is 0 Å². The van der Waals surface area contributed by atoms with Gasteiger partial charge in [-0.25, -0.2) is 4.79 Å². The molecule has 0 aliphatic rings. The van der Waals surface area contributed by atoms with E-state index >= 15 is 0 Å². The van der Waals surface area contributed by atoms with Crippen molar-refractivity contribution in [3.8, 4) is 5.75 Å². The van der Waals surface area contributed by atoms with Gasteiger partial charge in [0.05, 0.1) is 6.61 Å². The van der Waals surface area contributed by atoms with E-state index in [0.29, 0.717) is 6.61 Å². The molecule has 0 radical (unpaired) electrons. The van der Waals surface area contributed by atoms with E-state index < -0.39 is 5.97 Å². The van der Waals surface area contributed by atoms with E-state index in [4.69, 9.17) is 9.84 Å². The average Bonchev–Trinajstić information content (AvgIpc) is 2.36. The molecule has 3 heteroatoms. The number of allylic oxidation sites excluding steroid dienone is 1. The molecule has 0 heterocycles. The van der Waals surface area contributed by atoms with Crippen molar-refractivity contribution in [2.24, 2.45) is 0 Å². The summed E-state index contributed by atoms with van der Waals surface area (Å²) in [6.45, 7) is 6.73. The number of ether oxygens (including phenoxy) is 1. The van der Waals surface area contributed by atoms with Gasteiger partial charge >= 0.3 is 5.97 Å². The van der Waals surface area contributed by atoms with E-state index in [9.17, 15) is 4.79 Å². The fourth-order valence-corrected chi connectivity index (χ4v) is 1.94. The second-order valence-corrected chi connectivity index (χ2v) is 4.61. The summed E-state index contributed by atoms with van der Waals surface area (Å²) >= 11 is 0. The summed E-state index contributed by atoms with van der Waals surface area (Å²) in [5.74, 6) is -0.139. The van der Waals surface area contributed by atoms with Crippen LogP contribution in [0.5, 0.6) is 5.75 Å². The maximum absolute atomic E-state index is 11.0. The highest BCUT2D eigenvalue weighted by molar-refractivity contribution is 5.91. The van der Waals surface area contributed by atoms with Crippen molar-refractivity contribution in [2.75, 3.05) is 6.61 Å². The number of aryl methyl sites for hydroxylation is 1. The molecule has 0 aliphatic carbocycles. The molecule has 104 valence electrons. The molecule has 0 saturated carbocycles.